The van der Waals surface area contributed by atoms with Crippen molar-refractivity contribution in [2.24, 2.45) is 0 Å². The second kappa shape index (κ2) is 7.94. The Morgan fingerprint density at radius 1 is 1.16 bits per heavy atom. The number of hydrogen-bond acceptors (Lipinski definition) is 4. The van der Waals surface area contributed by atoms with Gasteiger partial charge in [-0.05, 0) is 38.5 Å². The zero-order chi connectivity index (χ0) is 18.0. The molecule has 0 spiro atoms. The topological polar surface area (TPSA) is 36.0 Å². The predicted molar refractivity (Wildman–Crippen MR) is 101 cm³/mol. The molecule has 2 fully saturated rings. The monoisotopic (exact) mass is 365 g/mol. The fourth-order valence-electron chi connectivity index (χ4n) is 3.74. The molecule has 0 aliphatic carbocycles. The molecule has 0 saturated carbocycles. The van der Waals surface area contributed by atoms with E-state index >= 15 is 0 Å². The fourth-order valence-corrected chi connectivity index (χ4v) is 3.91. The molecule has 2 atom stereocenters. The largest absolute Gasteiger partial charge is 0.372 e. The van der Waals surface area contributed by atoms with Crippen molar-refractivity contribution in [2.45, 2.75) is 33.0 Å². The number of hydrogen-bond donors (Lipinski definition) is 0. The Kier molecular flexibility index (Phi) is 5.87. The highest BCUT2D eigenvalue weighted by Crippen LogP contribution is 2.25. The third-order valence-corrected chi connectivity index (χ3v) is 5.25. The number of carbonyl (C=O) groups is 1. The summed E-state index contributed by atoms with van der Waals surface area (Å²) in [4.78, 5) is 19.2. The van der Waals surface area contributed by atoms with Crippen LogP contribution in [-0.2, 0) is 9.53 Å². The number of piperazine rings is 1. The Bertz CT molecular complexity index is 607. The van der Waals surface area contributed by atoms with Gasteiger partial charge in [0.1, 0.15) is 0 Å². The zero-order valence-electron chi connectivity index (χ0n) is 15.4. The smallest absolute Gasteiger partial charge is 0.236 e. The molecule has 1 amide bonds. The number of halogens is 1. The molecular weight excluding hydrogens is 338 g/mol. The Hall–Kier alpha value is -1.30. The number of morpholine rings is 1. The second-order valence-corrected chi connectivity index (χ2v) is 7.69. The minimum atomic E-state index is 0.121. The normalized spacial score (nSPS) is 25.3. The minimum absolute atomic E-state index is 0.121. The molecule has 138 valence electrons. The van der Waals surface area contributed by atoms with Gasteiger partial charge in [0, 0.05) is 50.0 Å². The molecule has 3 rings (SSSR count). The van der Waals surface area contributed by atoms with Crippen molar-refractivity contribution in [1.29, 1.82) is 0 Å². The van der Waals surface area contributed by atoms with Crippen LogP contribution in [0, 0.1) is 6.92 Å². The highest BCUT2D eigenvalue weighted by molar-refractivity contribution is 6.30. The molecule has 25 heavy (non-hydrogen) atoms. The van der Waals surface area contributed by atoms with Crippen molar-refractivity contribution < 1.29 is 9.53 Å². The predicted octanol–water partition coefficient (Wildman–Crippen LogP) is 2.41. The molecule has 1 aromatic carbocycles. The number of amides is 1. The summed E-state index contributed by atoms with van der Waals surface area (Å²) in [6, 6.07) is 6.03. The van der Waals surface area contributed by atoms with Gasteiger partial charge in [0.25, 0.3) is 0 Å². The maximum atomic E-state index is 12.6. The van der Waals surface area contributed by atoms with E-state index in [1.54, 1.807) is 0 Å². The van der Waals surface area contributed by atoms with Crippen LogP contribution in [0.5, 0.6) is 0 Å². The van der Waals surface area contributed by atoms with Gasteiger partial charge in [-0.25, -0.2) is 0 Å². The fraction of sp³-hybridized carbons (Fsp3) is 0.632. The van der Waals surface area contributed by atoms with Crippen LogP contribution in [0.3, 0.4) is 0 Å². The van der Waals surface area contributed by atoms with Crippen LogP contribution in [0.2, 0.25) is 5.02 Å². The summed E-state index contributed by atoms with van der Waals surface area (Å²) in [5, 5.41) is 0.772. The van der Waals surface area contributed by atoms with E-state index in [1.165, 1.54) is 11.3 Å². The standard InChI is InChI=1S/C19H28ClN3O2/c1-14-4-5-17(20)10-18(14)22-8-6-21(7-9-22)13-19(24)23-11-15(2)25-16(3)12-23/h4-5,10,15-16H,6-9,11-13H2,1-3H3/t15-,16-/m0/s1. The summed E-state index contributed by atoms with van der Waals surface area (Å²) in [6.45, 7) is 11.7. The van der Waals surface area contributed by atoms with Gasteiger partial charge in [0.2, 0.25) is 5.91 Å². The summed E-state index contributed by atoms with van der Waals surface area (Å²) in [5.74, 6) is 0.217. The maximum Gasteiger partial charge on any atom is 0.236 e. The first-order valence-electron chi connectivity index (χ1n) is 9.09. The third kappa shape index (κ3) is 4.66. The van der Waals surface area contributed by atoms with Crippen LogP contribution in [0.1, 0.15) is 19.4 Å². The van der Waals surface area contributed by atoms with Crippen molar-refractivity contribution in [2.75, 3.05) is 50.7 Å². The van der Waals surface area contributed by atoms with Gasteiger partial charge in [-0.1, -0.05) is 17.7 Å². The first kappa shape index (κ1) is 18.5. The van der Waals surface area contributed by atoms with Crippen molar-refractivity contribution in [3.8, 4) is 0 Å². The second-order valence-electron chi connectivity index (χ2n) is 7.25. The third-order valence-electron chi connectivity index (χ3n) is 5.02. The van der Waals surface area contributed by atoms with Crippen LogP contribution >= 0.6 is 11.6 Å². The van der Waals surface area contributed by atoms with Crippen molar-refractivity contribution in [3.63, 3.8) is 0 Å². The van der Waals surface area contributed by atoms with Crippen molar-refractivity contribution in [3.05, 3.63) is 28.8 Å². The van der Waals surface area contributed by atoms with E-state index in [1.807, 2.05) is 30.9 Å². The Labute approximate surface area is 155 Å². The van der Waals surface area contributed by atoms with Gasteiger partial charge in [-0.3, -0.25) is 9.69 Å². The van der Waals surface area contributed by atoms with Crippen molar-refractivity contribution >= 4 is 23.2 Å². The average Bonchev–Trinajstić information content (AvgIpc) is 2.57. The molecule has 6 heteroatoms. The summed E-state index contributed by atoms with van der Waals surface area (Å²) in [5.41, 5.74) is 2.44. The summed E-state index contributed by atoms with van der Waals surface area (Å²) in [7, 11) is 0. The molecule has 0 aromatic heterocycles. The number of rotatable bonds is 3. The van der Waals surface area contributed by atoms with Gasteiger partial charge >= 0.3 is 0 Å². The van der Waals surface area contributed by atoms with E-state index in [0.717, 1.165) is 31.2 Å². The van der Waals surface area contributed by atoms with Gasteiger partial charge in [-0.2, -0.15) is 0 Å². The lowest BCUT2D eigenvalue weighted by molar-refractivity contribution is -0.144. The number of aryl methyl sites for hydroxylation is 1. The van der Waals surface area contributed by atoms with Crippen LogP contribution in [0.25, 0.3) is 0 Å². The number of ether oxygens (including phenoxy) is 1. The van der Waals surface area contributed by atoms with E-state index in [0.29, 0.717) is 19.6 Å². The van der Waals surface area contributed by atoms with Crippen LogP contribution in [-0.4, -0.2) is 73.7 Å². The molecule has 2 aliphatic rings. The van der Waals surface area contributed by atoms with Gasteiger partial charge in [0.15, 0.2) is 0 Å². The highest BCUT2D eigenvalue weighted by Gasteiger charge is 2.28. The summed E-state index contributed by atoms with van der Waals surface area (Å²) < 4.78 is 5.72. The van der Waals surface area contributed by atoms with Crippen LogP contribution in [0.4, 0.5) is 5.69 Å². The number of anilines is 1. The lowest BCUT2D eigenvalue weighted by atomic mass is 10.1. The molecular formula is C19H28ClN3O2. The Morgan fingerprint density at radius 3 is 2.44 bits per heavy atom. The molecule has 2 aliphatic heterocycles. The molecule has 1 aromatic rings. The highest BCUT2D eigenvalue weighted by atomic mass is 35.5. The number of benzene rings is 1. The van der Waals surface area contributed by atoms with E-state index in [-0.39, 0.29) is 18.1 Å². The Balaban J connectivity index is 1.52. The van der Waals surface area contributed by atoms with Gasteiger partial charge in [0.05, 0.1) is 18.8 Å². The van der Waals surface area contributed by atoms with Crippen LogP contribution in [0.15, 0.2) is 18.2 Å². The lowest BCUT2D eigenvalue weighted by Crippen LogP contribution is -2.54. The first-order chi connectivity index (χ1) is 11.9. The first-order valence-corrected chi connectivity index (χ1v) is 9.47. The molecule has 2 heterocycles. The number of carbonyl (C=O) groups excluding carboxylic acids is 1. The van der Waals surface area contributed by atoms with Gasteiger partial charge < -0.3 is 14.5 Å². The minimum Gasteiger partial charge on any atom is -0.372 e. The van der Waals surface area contributed by atoms with E-state index in [2.05, 4.69) is 22.8 Å². The number of nitrogens with zero attached hydrogens (tertiary/aromatic N) is 3. The molecule has 2 saturated heterocycles. The maximum absolute atomic E-state index is 12.6. The zero-order valence-corrected chi connectivity index (χ0v) is 16.1. The van der Waals surface area contributed by atoms with E-state index in [4.69, 9.17) is 16.3 Å². The van der Waals surface area contributed by atoms with Crippen molar-refractivity contribution in [1.82, 2.24) is 9.80 Å². The summed E-state index contributed by atoms with van der Waals surface area (Å²) >= 11 is 6.15. The molecule has 0 unspecified atom stereocenters. The molecule has 5 nitrogen and oxygen atoms in total. The molecule has 0 N–H and O–H groups in total. The van der Waals surface area contributed by atoms with E-state index in [9.17, 15) is 4.79 Å². The lowest BCUT2D eigenvalue weighted by Gasteiger charge is -2.39. The average molecular weight is 366 g/mol. The van der Waals surface area contributed by atoms with E-state index < -0.39 is 0 Å². The molecule has 0 radical (unpaired) electrons. The van der Waals surface area contributed by atoms with Crippen LogP contribution < -0.4 is 4.90 Å². The Morgan fingerprint density at radius 2 is 1.80 bits per heavy atom. The quantitative estimate of drug-likeness (QED) is 0.824. The van der Waals surface area contributed by atoms with Gasteiger partial charge in [-0.15, -0.1) is 0 Å². The molecule has 0 bridgehead atoms. The summed E-state index contributed by atoms with van der Waals surface area (Å²) in [6.07, 6.45) is 0.241. The SMILES string of the molecule is Cc1ccc(Cl)cc1N1CCN(CC(=O)N2C[C@H](C)O[C@@H](C)C2)CC1.